The van der Waals surface area contributed by atoms with E-state index < -0.39 is 33.3 Å². The first-order valence-corrected chi connectivity index (χ1v) is 6.65. The molecule has 1 atom stereocenters. The van der Waals surface area contributed by atoms with E-state index in [1.165, 1.54) is 6.92 Å². The zero-order valence-corrected chi connectivity index (χ0v) is 9.81. The second-order valence-electron chi connectivity index (χ2n) is 3.82. The zero-order valence-electron chi connectivity index (χ0n) is 9.00. The number of nitrogens with two attached hydrogens (primary N) is 1. The number of benzene rings is 1. The van der Waals surface area contributed by atoms with E-state index in [-0.39, 0.29) is 11.1 Å². The summed E-state index contributed by atoms with van der Waals surface area (Å²) in [5.74, 6) is -1.69. The van der Waals surface area contributed by atoms with Crippen LogP contribution in [0.2, 0.25) is 0 Å². The van der Waals surface area contributed by atoms with Gasteiger partial charge in [0.15, 0.2) is 0 Å². The molecule has 0 aromatic heterocycles. The molecule has 16 heavy (non-hydrogen) atoms. The normalized spacial score (nSPS) is 13.8. The van der Waals surface area contributed by atoms with Crippen molar-refractivity contribution in [2.24, 2.45) is 5.73 Å². The molecule has 6 heteroatoms. The third-order valence-corrected chi connectivity index (χ3v) is 3.12. The van der Waals surface area contributed by atoms with E-state index in [0.29, 0.717) is 0 Å². The quantitative estimate of drug-likeness (QED) is 0.878. The average molecular weight is 249 g/mol. The van der Waals surface area contributed by atoms with Gasteiger partial charge in [-0.25, -0.2) is 17.2 Å². The van der Waals surface area contributed by atoms with Gasteiger partial charge in [0, 0.05) is 17.9 Å². The molecule has 0 spiro atoms. The molecule has 0 saturated heterocycles. The number of sulfone groups is 1. The fourth-order valence-corrected chi connectivity index (χ4v) is 2.19. The van der Waals surface area contributed by atoms with Crippen LogP contribution in [0.1, 0.15) is 17.2 Å². The fourth-order valence-electron chi connectivity index (χ4n) is 1.36. The number of rotatable bonds is 3. The number of aryl methyl sites for hydroxylation is 1. The van der Waals surface area contributed by atoms with Crippen molar-refractivity contribution in [3.05, 3.63) is 34.9 Å². The molecule has 0 aliphatic rings. The Balaban J connectivity index is 3.09. The second-order valence-corrected chi connectivity index (χ2v) is 6.01. The van der Waals surface area contributed by atoms with Gasteiger partial charge in [-0.1, -0.05) is 0 Å². The van der Waals surface area contributed by atoms with Gasteiger partial charge in [-0.3, -0.25) is 0 Å². The highest BCUT2D eigenvalue weighted by Crippen LogP contribution is 2.20. The standard InChI is InChI=1S/C10H13F2NO2S/c1-6-3-9(12)7(4-8(6)11)10(13)5-16(2,14)15/h3-4,10H,5,13H2,1-2H3. The average Bonchev–Trinajstić information content (AvgIpc) is 2.08. The Hall–Kier alpha value is -1.01. The van der Waals surface area contributed by atoms with E-state index in [1.807, 2.05) is 0 Å². The zero-order chi connectivity index (χ0) is 12.5. The van der Waals surface area contributed by atoms with E-state index >= 15 is 0 Å². The first-order valence-electron chi connectivity index (χ1n) is 4.59. The van der Waals surface area contributed by atoms with Crippen molar-refractivity contribution in [2.45, 2.75) is 13.0 Å². The highest BCUT2D eigenvalue weighted by molar-refractivity contribution is 7.90. The van der Waals surface area contributed by atoms with Crippen LogP contribution in [0.3, 0.4) is 0 Å². The number of hydrogen-bond acceptors (Lipinski definition) is 3. The molecule has 0 aliphatic carbocycles. The molecule has 90 valence electrons. The van der Waals surface area contributed by atoms with Gasteiger partial charge in [0.25, 0.3) is 0 Å². The van der Waals surface area contributed by atoms with Crippen LogP contribution >= 0.6 is 0 Å². The predicted molar refractivity (Wildman–Crippen MR) is 57.7 cm³/mol. The van der Waals surface area contributed by atoms with Crippen LogP contribution in [0.25, 0.3) is 0 Å². The first-order chi connectivity index (χ1) is 7.20. The summed E-state index contributed by atoms with van der Waals surface area (Å²) in [6.07, 6.45) is 0.995. The van der Waals surface area contributed by atoms with Crippen LogP contribution in [0.5, 0.6) is 0 Å². The van der Waals surface area contributed by atoms with Crippen LogP contribution < -0.4 is 5.73 Å². The van der Waals surface area contributed by atoms with Crippen LogP contribution in [-0.2, 0) is 9.84 Å². The Morgan fingerprint density at radius 3 is 2.38 bits per heavy atom. The first kappa shape index (κ1) is 13.1. The lowest BCUT2D eigenvalue weighted by Crippen LogP contribution is -2.22. The van der Waals surface area contributed by atoms with E-state index in [4.69, 9.17) is 5.73 Å². The lowest BCUT2D eigenvalue weighted by molar-refractivity contribution is 0.560. The minimum Gasteiger partial charge on any atom is -0.323 e. The summed E-state index contributed by atoms with van der Waals surface area (Å²) in [5.41, 5.74) is 5.56. The van der Waals surface area contributed by atoms with E-state index in [9.17, 15) is 17.2 Å². The lowest BCUT2D eigenvalue weighted by atomic mass is 10.1. The van der Waals surface area contributed by atoms with Crippen molar-refractivity contribution in [1.29, 1.82) is 0 Å². The molecule has 0 amide bonds. The molecule has 0 radical (unpaired) electrons. The van der Waals surface area contributed by atoms with Crippen LogP contribution in [0.15, 0.2) is 12.1 Å². The topological polar surface area (TPSA) is 60.2 Å². The molecular weight excluding hydrogens is 236 g/mol. The largest absolute Gasteiger partial charge is 0.323 e. The number of halogens is 2. The lowest BCUT2D eigenvalue weighted by Gasteiger charge is -2.12. The smallest absolute Gasteiger partial charge is 0.149 e. The third kappa shape index (κ3) is 3.24. The molecule has 0 heterocycles. The molecule has 1 aromatic rings. The molecule has 0 bridgehead atoms. The van der Waals surface area contributed by atoms with Gasteiger partial charge in [-0.2, -0.15) is 0 Å². The monoisotopic (exact) mass is 249 g/mol. The maximum Gasteiger partial charge on any atom is 0.149 e. The van der Waals surface area contributed by atoms with Gasteiger partial charge in [0.2, 0.25) is 0 Å². The van der Waals surface area contributed by atoms with E-state index in [1.54, 1.807) is 0 Å². The Morgan fingerprint density at radius 2 is 1.88 bits per heavy atom. The van der Waals surface area contributed by atoms with Crippen molar-refractivity contribution < 1.29 is 17.2 Å². The van der Waals surface area contributed by atoms with Crippen LogP contribution in [-0.4, -0.2) is 20.4 Å². The molecule has 1 rings (SSSR count). The molecule has 1 unspecified atom stereocenters. The van der Waals surface area contributed by atoms with Gasteiger partial charge in [-0.05, 0) is 24.6 Å². The summed E-state index contributed by atoms with van der Waals surface area (Å²) in [6, 6.07) is 0.901. The summed E-state index contributed by atoms with van der Waals surface area (Å²) in [7, 11) is -3.33. The Bertz CT molecular complexity index is 500. The van der Waals surface area contributed by atoms with Crippen molar-refractivity contribution in [2.75, 3.05) is 12.0 Å². The summed E-state index contributed by atoms with van der Waals surface area (Å²) < 4.78 is 48.6. The minimum atomic E-state index is -3.33. The van der Waals surface area contributed by atoms with Gasteiger partial charge in [0.05, 0.1) is 5.75 Å². The summed E-state index contributed by atoms with van der Waals surface area (Å²) >= 11 is 0. The molecule has 2 N–H and O–H groups in total. The Kier molecular flexibility index (Phi) is 3.64. The summed E-state index contributed by atoms with van der Waals surface area (Å²) in [6.45, 7) is 1.42. The van der Waals surface area contributed by atoms with Crippen molar-refractivity contribution in [1.82, 2.24) is 0 Å². The number of hydrogen-bond donors (Lipinski definition) is 1. The summed E-state index contributed by atoms with van der Waals surface area (Å²) in [5, 5.41) is 0. The summed E-state index contributed by atoms with van der Waals surface area (Å²) in [4.78, 5) is 0. The van der Waals surface area contributed by atoms with Crippen molar-refractivity contribution >= 4 is 9.84 Å². The Labute approximate surface area is 93.2 Å². The van der Waals surface area contributed by atoms with Crippen molar-refractivity contribution in [3.63, 3.8) is 0 Å². The predicted octanol–water partition coefficient (Wildman–Crippen LogP) is 1.32. The van der Waals surface area contributed by atoms with Gasteiger partial charge >= 0.3 is 0 Å². The second kappa shape index (κ2) is 4.47. The van der Waals surface area contributed by atoms with Crippen LogP contribution in [0, 0.1) is 18.6 Å². The van der Waals surface area contributed by atoms with E-state index in [0.717, 1.165) is 18.4 Å². The van der Waals surface area contributed by atoms with E-state index in [2.05, 4.69) is 0 Å². The van der Waals surface area contributed by atoms with Gasteiger partial charge < -0.3 is 5.73 Å². The maximum absolute atomic E-state index is 13.4. The van der Waals surface area contributed by atoms with Gasteiger partial charge in [-0.15, -0.1) is 0 Å². The molecule has 1 aromatic carbocycles. The maximum atomic E-state index is 13.4. The molecule has 3 nitrogen and oxygen atoms in total. The fraction of sp³-hybridized carbons (Fsp3) is 0.400. The SMILES string of the molecule is Cc1cc(F)c(C(N)CS(C)(=O)=O)cc1F. The molecular formula is C10H13F2NO2S. The molecule has 0 saturated carbocycles. The minimum absolute atomic E-state index is 0.117. The molecule has 0 aliphatic heterocycles. The van der Waals surface area contributed by atoms with Gasteiger partial charge in [0.1, 0.15) is 21.5 Å². The van der Waals surface area contributed by atoms with Crippen LogP contribution in [0.4, 0.5) is 8.78 Å². The Morgan fingerprint density at radius 1 is 1.31 bits per heavy atom. The van der Waals surface area contributed by atoms with Crippen molar-refractivity contribution in [3.8, 4) is 0 Å². The third-order valence-electron chi connectivity index (χ3n) is 2.16. The molecule has 0 fully saturated rings. The highest BCUT2D eigenvalue weighted by Gasteiger charge is 2.18. The highest BCUT2D eigenvalue weighted by atomic mass is 32.2.